The average molecular weight is 317 g/mol. The minimum Gasteiger partial charge on any atom is -0.351 e. The molecule has 0 unspecified atom stereocenters. The molecule has 124 valence electrons. The highest BCUT2D eigenvalue weighted by Gasteiger charge is 2.64. The first-order valence-corrected chi connectivity index (χ1v) is 10.1. The highest BCUT2D eigenvalue weighted by Crippen LogP contribution is 2.66. The van der Waals surface area contributed by atoms with Crippen LogP contribution in [0.4, 0.5) is 0 Å². The van der Waals surface area contributed by atoms with E-state index in [0.29, 0.717) is 25.2 Å². The molecule has 0 amide bonds. The van der Waals surface area contributed by atoms with Crippen LogP contribution in [0.5, 0.6) is 0 Å². The van der Waals surface area contributed by atoms with E-state index in [9.17, 15) is 0 Å². The van der Waals surface area contributed by atoms with Gasteiger partial charge >= 0.3 is 9.05 Å². The van der Waals surface area contributed by atoms with E-state index in [0.717, 1.165) is 12.3 Å². The van der Waals surface area contributed by atoms with Crippen LogP contribution in [-0.4, -0.2) is 35.0 Å². The zero-order chi connectivity index (χ0) is 15.7. The second kappa shape index (κ2) is 6.28. The fourth-order valence-electron chi connectivity index (χ4n) is 4.24. The molecular weight excluding hydrogens is 284 g/mol. The molecule has 2 rings (SSSR count). The van der Waals surface area contributed by atoms with Gasteiger partial charge in [-0.1, -0.05) is 20.8 Å². The van der Waals surface area contributed by atoms with E-state index in [-0.39, 0.29) is 11.5 Å². The Kier molecular flexibility index (Phi) is 5.21. The summed E-state index contributed by atoms with van der Waals surface area (Å²) in [4.78, 5) is 0. The minimum atomic E-state index is -3.01. The Labute approximate surface area is 131 Å². The van der Waals surface area contributed by atoms with E-state index in [1.807, 2.05) is 20.8 Å². The lowest BCUT2D eigenvalue weighted by molar-refractivity contribution is -0.0862. The van der Waals surface area contributed by atoms with Crippen molar-refractivity contribution in [3.8, 4) is 0 Å². The Morgan fingerprint density at radius 1 is 0.952 bits per heavy atom. The lowest BCUT2D eigenvalue weighted by Crippen LogP contribution is -2.54. The van der Waals surface area contributed by atoms with Crippen LogP contribution in [0.1, 0.15) is 60.8 Å². The Morgan fingerprint density at radius 3 is 1.81 bits per heavy atom. The molecule has 4 nitrogen and oxygen atoms in total. The smallest absolute Gasteiger partial charge is 0.351 e. The second-order valence-corrected chi connectivity index (χ2v) is 9.12. The molecule has 3 atom stereocenters. The maximum Gasteiger partial charge on any atom is 0.679 e. The average Bonchev–Trinajstić information content (AvgIpc) is 2.73. The fraction of sp³-hybridized carbons (Fsp3) is 1.00. The molecule has 2 fully saturated rings. The largest absolute Gasteiger partial charge is 0.679 e. The topological polar surface area (TPSA) is 36.9 Å². The van der Waals surface area contributed by atoms with E-state index in [2.05, 4.69) is 20.8 Å². The summed E-state index contributed by atoms with van der Waals surface area (Å²) in [5, 5.41) is 0. The summed E-state index contributed by atoms with van der Waals surface area (Å²) in [6.07, 6.45) is 3.83. The second-order valence-electron chi connectivity index (χ2n) is 7.02. The maximum absolute atomic E-state index is 6.47. The SMILES string of the molecule is CCO[Si](OCC)(OCC)O[C@@H]1C[C@@H]2CC[C@@]1(C)C2(C)C. The van der Waals surface area contributed by atoms with Gasteiger partial charge in [-0.3, -0.25) is 0 Å². The molecule has 0 aromatic carbocycles. The van der Waals surface area contributed by atoms with Gasteiger partial charge in [0.15, 0.2) is 0 Å². The summed E-state index contributed by atoms with van der Waals surface area (Å²) in [5.41, 5.74) is 0.518. The van der Waals surface area contributed by atoms with Crippen molar-refractivity contribution in [2.45, 2.75) is 66.9 Å². The van der Waals surface area contributed by atoms with Crippen molar-refractivity contribution in [2.75, 3.05) is 19.8 Å². The molecule has 0 spiro atoms. The number of rotatable bonds is 8. The van der Waals surface area contributed by atoms with Gasteiger partial charge < -0.3 is 17.7 Å². The van der Waals surface area contributed by atoms with Crippen molar-refractivity contribution in [1.29, 1.82) is 0 Å². The van der Waals surface area contributed by atoms with E-state index >= 15 is 0 Å². The lowest BCUT2D eigenvalue weighted by Gasteiger charge is -2.41. The van der Waals surface area contributed by atoms with Gasteiger partial charge in [-0.05, 0) is 56.8 Å². The van der Waals surface area contributed by atoms with Crippen LogP contribution in [0, 0.1) is 16.7 Å². The number of hydrogen-bond donors (Lipinski definition) is 0. The normalized spacial score (nSPS) is 34.6. The van der Waals surface area contributed by atoms with E-state index in [1.54, 1.807) is 0 Å². The van der Waals surface area contributed by atoms with Gasteiger partial charge in [0.2, 0.25) is 0 Å². The third-order valence-electron chi connectivity index (χ3n) is 5.96. The van der Waals surface area contributed by atoms with Crippen LogP contribution in [0.15, 0.2) is 0 Å². The van der Waals surface area contributed by atoms with Crippen LogP contribution >= 0.6 is 0 Å². The molecule has 0 saturated heterocycles. The van der Waals surface area contributed by atoms with Crippen molar-refractivity contribution in [1.82, 2.24) is 0 Å². The molecule has 0 N–H and O–H groups in total. The first kappa shape index (κ1) is 17.4. The first-order chi connectivity index (χ1) is 9.85. The van der Waals surface area contributed by atoms with E-state index in [4.69, 9.17) is 17.7 Å². The van der Waals surface area contributed by atoms with E-state index in [1.165, 1.54) is 12.8 Å². The maximum atomic E-state index is 6.47. The third-order valence-corrected chi connectivity index (χ3v) is 8.46. The fourth-order valence-corrected chi connectivity index (χ4v) is 6.46. The lowest BCUT2D eigenvalue weighted by atomic mass is 9.70. The zero-order valence-corrected chi connectivity index (χ0v) is 15.5. The molecular formula is C16H32O4Si. The van der Waals surface area contributed by atoms with Gasteiger partial charge in [0.05, 0.1) is 6.10 Å². The Hall–Kier alpha value is 0.0569. The highest BCUT2D eigenvalue weighted by atomic mass is 28.4. The molecule has 0 aliphatic heterocycles. The van der Waals surface area contributed by atoms with Crippen LogP contribution in [0.3, 0.4) is 0 Å². The third kappa shape index (κ3) is 2.83. The van der Waals surface area contributed by atoms with Crippen LogP contribution in [0.2, 0.25) is 0 Å². The molecule has 2 bridgehead atoms. The van der Waals surface area contributed by atoms with Gasteiger partial charge in [-0.15, -0.1) is 0 Å². The van der Waals surface area contributed by atoms with Crippen molar-refractivity contribution in [2.24, 2.45) is 16.7 Å². The van der Waals surface area contributed by atoms with Crippen LogP contribution in [0.25, 0.3) is 0 Å². The van der Waals surface area contributed by atoms with Crippen molar-refractivity contribution >= 4 is 9.05 Å². The van der Waals surface area contributed by atoms with Crippen molar-refractivity contribution in [3.63, 3.8) is 0 Å². The molecule has 0 aromatic heterocycles. The van der Waals surface area contributed by atoms with Crippen LogP contribution in [-0.2, 0) is 17.7 Å². The molecule has 0 radical (unpaired) electrons. The van der Waals surface area contributed by atoms with Gasteiger partial charge in [-0.25, -0.2) is 0 Å². The molecule has 2 aliphatic carbocycles. The predicted molar refractivity (Wildman–Crippen MR) is 84.7 cm³/mol. The summed E-state index contributed by atoms with van der Waals surface area (Å²) >= 11 is 0. The van der Waals surface area contributed by atoms with Gasteiger partial charge in [0.1, 0.15) is 0 Å². The molecule has 2 saturated carbocycles. The van der Waals surface area contributed by atoms with Gasteiger partial charge in [0, 0.05) is 19.8 Å². The molecule has 2 aliphatic rings. The van der Waals surface area contributed by atoms with Crippen molar-refractivity contribution in [3.05, 3.63) is 0 Å². The quantitative estimate of drug-likeness (QED) is 0.639. The Balaban J connectivity index is 2.17. The summed E-state index contributed by atoms with van der Waals surface area (Å²) in [5.74, 6) is 0.740. The van der Waals surface area contributed by atoms with Gasteiger partial charge in [-0.2, -0.15) is 0 Å². The summed E-state index contributed by atoms with van der Waals surface area (Å²) in [6.45, 7) is 14.7. The number of fused-ring (bicyclic) bond motifs is 2. The molecule has 0 heterocycles. The predicted octanol–water partition coefficient (Wildman–Crippen LogP) is 3.76. The summed E-state index contributed by atoms with van der Waals surface area (Å²) in [6, 6.07) is 0. The monoisotopic (exact) mass is 316 g/mol. The zero-order valence-electron chi connectivity index (χ0n) is 14.5. The molecule has 21 heavy (non-hydrogen) atoms. The minimum absolute atomic E-state index is 0.183. The Bertz CT molecular complexity index is 343. The number of hydrogen-bond acceptors (Lipinski definition) is 4. The summed E-state index contributed by atoms with van der Waals surface area (Å²) in [7, 11) is -3.01. The highest BCUT2D eigenvalue weighted by molar-refractivity contribution is 6.53. The molecule has 5 heteroatoms. The standard InChI is InChI=1S/C16H32O4Si/c1-7-17-21(18-8-2,19-9-3)20-14-12-13-10-11-16(14,6)15(13,4)5/h13-14H,7-12H2,1-6H3/t13-,14+,16+/m0/s1. The van der Waals surface area contributed by atoms with Gasteiger partial charge in [0.25, 0.3) is 0 Å². The molecule has 0 aromatic rings. The Morgan fingerprint density at radius 2 is 1.48 bits per heavy atom. The van der Waals surface area contributed by atoms with Crippen LogP contribution < -0.4 is 0 Å². The van der Waals surface area contributed by atoms with Crippen molar-refractivity contribution < 1.29 is 17.7 Å². The first-order valence-electron chi connectivity index (χ1n) is 8.45. The summed E-state index contributed by atoms with van der Waals surface area (Å²) < 4.78 is 24.1. The van der Waals surface area contributed by atoms with E-state index < -0.39 is 9.05 Å².